The van der Waals surface area contributed by atoms with E-state index in [2.05, 4.69) is 4.74 Å². The molecule has 0 aromatic heterocycles. The predicted molar refractivity (Wildman–Crippen MR) is 67.2 cm³/mol. The third kappa shape index (κ3) is 5.26. The summed E-state index contributed by atoms with van der Waals surface area (Å²) in [4.78, 5) is 22.3. The molecule has 0 bridgehead atoms. The Labute approximate surface area is 103 Å². The zero-order valence-electron chi connectivity index (χ0n) is 8.65. The Morgan fingerprint density at radius 3 is 1.94 bits per heavy atom. The third-order valence-electron chi connectivity index (χ3n) is 1.83. The molecule has 0 unspecified atom stereocenters. The Morgan fingerprint density at radius 1 is 1.06 bits per heavy atom. The van der Waals surface area contributed by atoms with Gasteiger partial charge in [-0.05, 0) is 19.1 Å². The summed E-state index contributed by atoms with van der Waals surface area (Å²) in [7, 11) is 1.44. The number of Topliss-reactive ketones (excluding diaryl/α,β-unsaturated/α-hetero) is 1. The molecule has 0 aliphatic rings. The van der Waals surface area contributed by atoms with Gasteiger partial charge in [0.1, 0.15) is 0 Å². The van der Waals surface area contributed by atoms with Gasteiger partial charge in [-0.3, -0.25) is 4.79 Å². The number of methoxy groups -OCH3 is 1. The van der Waals surface area contributed by atoms with Crippen LogP contribution in [0.2, 0.25) is 0 Å². The number of benzene rings is 1. The van der Waals surface area contributed by atoms with Gasteiger partial charge in [0.05, 0.1) is 5.56 Å². The number of ketones is 1. The summed E-state index contributed by atoms with van der Waals surface area (Å²) in [6.07, 6.45) is 0. The lowest BCUT2D eigenvalue weighted by Gasteiger charge is -2.03. The zero-order chi connectivity index (χ0) is 11.3. The number of esters is 1. The maximum absolute atomic E-state index is 11.3. The van der Waals surface area contributed by atoms with Crippen LogP contribution in [0.5, 0.6) is 0 Å². The van der Waals surface area contributed by atoms with E-state index in [-0.39, 0.29) is 27.4 Å². The second-order valence-electron chi connectivity index (χ2n) is 2.97. The highest BCUT2D eigenvalue weighted by atomic mass is 16.7. The summed E-state index contributed by atoms with van der Waals surface area (Å²) in [5, 5.41) is 0. The first-order valence-corrected chi connectivity index (χ1v) is 4.42. The zero-order valence-corrected chi connectivity index (χ0v) is 8.65. The number of ether oxygens (including phenoxy) is 2. The fourth-order valence-corrected chi connectivity index (χ4v) is 1.04. The molecular weight excluding hydrogens is 220 g/mol. The third-order valence-corrected chi connectivity index (χ3v) is 1.83. The summed E-state index contributed by atoms with van der Waals surface area (Å²) >= 11 is 0. The van der Waals surface area contributed by atoms with Gasteiger partial charge in [0.15, 0.2) is 12.6 Å². The minimum atomic E-state index is -0.466. The highest BCUT2D eigenvalue weighted by Gasteiger charge is 2.07. The molecule has 0 heterocycles. The summed E-state index contributed by atoms with van der Waals surface area (Å²) in [6.45, 7) is 1.39. The summed E-state index contributed by atoms with van der Waals surface area (Å²) in [5.41, 5.74) is 0.968. The van der Waals surface area contributed by atoms with Crippen LogP contribution in [0.25, 0.3) is 0 Å². The molecule has 1 aromatic carbocycles. The Bertz CT molecular complexity index is 354. The van der Waals surface area contributed by atoms with Gasteiger partial charge in [-0.2, -0.15) is 0 Å². The molecule has 0 saturated carbocycles. The van der Waals surface area contributed by atoms with E-state index in [0.29, 0.717) is 11.1 Å². The minimum Gasteiger partial charge on any atom is -0.435 e. The maximum atomic E-state index is 11.3. The fourth-order valence-electron chi connectivity index (χ4n) is 1.04. The van der Waals surface area contributed by atoms with E-state index in [0.717, 1.165) is 0 Å². The highest BCUT2D eigenvalue weighted by Crippen LogP contribution is 2.06. The number of carbonyl (C=O) groups is 2. The van der Waals surface area contributed by atoms with Gasteiger partial charge < -0.3 is 9.47 Å². The van der Waals surface area contributed by atoms with Gasteiger partial charge in [-0.25, -0.2) is 4.79 Å². The molecule has 0 saturated heterocycles. The Hall–Kier alpha value is -1.68. The first-order chi connectivity index (χ1) is 7.15. The van der Waals surface area contributed by atoms with Crippen LogP contribution < -0.4 is 0 Å². The normalized spacial score (nSPS) is 8.59. The smallest absolute Gasteiger partial charge is 0.340 e. The van der Waals surface area contributed by atoms with Crippen LogP contribution in [0.4, 0.5) is 0 Å². The van der Waals surface area contributed by atoms with Crippen LogP contribution in [-0.4, -0.2) is 25.7 Å². The van der Waals surface area contributed by atoms with Crippen molar-refractivity contribution in [2.75, 3.05) is 13.9 Å². The quantitative estimate of drug-likeness (QED) is 0.461. The van der Waals surface area contributed by atoms with Crippen LogP contribution in [-0.2, 0) is 9.47 Å². The molecule has 0 spiro atoms. The first-order valence-electron chi connectivity index (χ1n) is 4.42. The van der Waals surface area contributed by atoms with Crippen molar-refractivity contribution in [3.8, 4) is 0 Å². The Kier molecular flexibility index (Phi) is 8.82. The van der Waals surface area contributed by atoms with Gasteiger partial charge in [-0.15, -0.1) is 0 Å². The molecule has 96 valence electrons. The van der Waals surface area contributed by atoms with Gasteiger partial charge >= 0.3 is 5.97 Å². The van der Waals surface area contributed by atoms with Crippen molar-refractivity contribution in [3.63, 3.8) is 0 Å². The predicted octanol–water partition coefficient (Wildman–Crippen LogP) is 2.92. The molecule has 1 rings (SSSR count). The molecule has 0 radical (unpaired) electrons. The number of rotatable bonds is 4. The van der Waals surface area contributed by atoms with Crippen LogP contribution in [0, 0.1) is 0 Å². The van der Waals surface area contributed by atoms with Gasteiger partial charge in [0.2, 0.25) is 0 Å². The summed E-state index contributed by atoms with van der Waals surface area (Å²) < 4.78 is 9.33. The molecule has 0 amide bonds. The lowest BCUT2D eigenvalue weighted by molar-refractivity contribution is -0.0125. The molecule has 0 atom stereocenters. The largest absolute Gasteiger partial charge is 0.435 e. The van der Waals surface area contributed by atoms with Crippen molar-refractivity contribution in [2.45, 2.75) is 21.8 Å². The van der Waals surface area contributed by atoms with Crippen LogP contribution in [0.15, 0.2) is 24.3 Å². The van der Waals surface area contributed by atoms with Crippen molar-refractivity contribution in [1.82, 2.24) is 0 Å². The monoisotopic (exact) mass is 240 g/mol. The average Bonchev–Trinajstić information content (AvgIpc) is 2.26. The minimum absolute atomic E-state index is 0. The van der Waals surface area contributed by atoms with Crippen LogP contribution in [0.3, 0.4) is 0 Å². The van der Waals surface area contributed by atoms with Crippen molar-refractivity contribution < 1.29 is 19.1 Å². The average molecular weight is 240 g/mol. The maximum Gasteiger partial charge on any atom is 0.340 e. The van der Waals surface area contributed by atoms with E-state index in [4.69, 9.17) is 4.74 Å². The summed E-state index contributed by atoms with van der Waals surface area (Å²) in [5.74, 6) is -0.501. The van der Waals surface area contributed by atoms with E-state index in [1.165, 1.54) is 14.0 Å². The lowest BCUT2D eigenvalue weighted by atomic mass is 10.1. The van der Waals surface area contributed by atoms with Gasteiger partial charge in [0, 0.05) is 12.7 Å². The number of hydrogen-bond acceptors (Lipinski definition) is 4. The molecule has 17 heavy (non-hydrogen) atoms. The standard InChI is InChI=1S/C11H12O4.2CH4/c1-8(12)9-3-5-10(6-4-9)11(13)15-7-14-2;;/h3-6H,7H2,1-2H3;2*1H4. The molecular formula is C13H20O4. The SMILES string of the molecule is C.C.COCOC(=O)c1ccc(C(C)=O)cc1. The molecule has 1 aromatic rings. The molecule has 0 aliphatic heterocycles. The van der Waals surface area contributed by atoms with Gasteiger partial charge in [0.25, 0.3) is 0 Å². The fraction of sp³-hybridized carbons (Fsp3) is 0.385. The van der Waals surface area contributed by atoms with Crippen molar-refractivity contribution in [3.05, 3.63) is 35.4 Å². The van der Waals surface area contributed by atoms with E-state index in [1.807, 2.05) is 0 Å². The van der Waals surface area contributed by atoms with E-state index in [1.54, 1.807) is 24.3 Å². The second kappa shape index (κ2) is 8.47. The molecule has 0 N–H and O–H groups in total. The lowest BCUT2D eigenvalue weighted by Crippen LogP contribution is -2.07. The topological polar surface area (TPSA) is 52.6 Å². The summed E-state index contributed by atoms with van der Waals surface area (Å²) in [6, 6.07) is 6.28. The van der Waals surface area contributed by atoms with E-state index < -0.39 is 5.97 Å². The number of hydrogen-bond donors (Lipinski definition) is 0. The van der Waals surface area contributed by atoms with E-state index >= 15 is 0 Å². The first kappa shape index (κ1) is 17.7. The van der Waals surface area contributed by atoms with Gasteiger partial charge in [-0.1, -0.05) is 27.0 Å². The molecule has 0 fully saturated rings. The molecule has 4 heteroatoms. The molecule has 4 nitrogen and oxygen atoms in total. The Balaban J connectivity index is 0. The number of carbonyl (C=O) groups excluding carboxylic acids is 2. The van der Waals surface area contributed by atoms with Crippen LogP contribution >= 0.6 is 0 Å². The Morgan fingerprint density at radius 2 is 1.53 bits per heavy atom. The van der Waals surface area contributed by atoms with Crippen molar-refractivity contribution in [2.24, 2.45) is 0 Å². The van der Waals surface area contributed by atoms with Crippen molar-refractivity contribution in [1.29, 1.82) is 0 Å². The van der Waals surface area contributed by atoms with Crippen molar-refractivity contribution >= 4 is 11.8 Å². The van der Waals surface area contributed by atoms with E-state index in [9.17, 15) is 9.59 Å². The second-order valence-corrected chi connectivity index (χ2v) is 2.97. The highest BCUT2D eigenvalue weighted by molar-refractivity contribution is 5.96. The van der Waals surface area contributed by atoms with Crippen LogP contribution in [0.1, 0.15) is 42.5 Å². The molecule has 0 aliphatic carbocycles.